The quantitative estimate of drug-likeness (QED) is 0.478. The van der Waals surface area contributed by atoms with Crippen molar-refractivity contribution in [3.8, 4) is 0 Å². The molecule has 0 amide bonds. The van der Waals surface area contributed by atoms with Gasteiger partial charge in [-0.05, 0) is 0 Å². The van der Waals surface area contributed by atoms with Gasteiger partial charge in [-0.25, -0.2) is 0 Å². The summed E-state index contributed by atoms with van der Waals surface area (Å²) in [6.45, 7) is 0. The standard InChI is InChI=1S/Cd.Ga.H3N.H2O.3H/h;;1H3;1H2;;;. The predicted molar refractivity (Wildman–Crippen MR) is 18.6 cm³/mol. The van der Waals surface area contributed by atoms with Crippen molar-refractivity contribution < 1.29 is 32.8 Å². The van der Waals surface area contributed by atoms with Gasteiger partial charge in [0.1, 0.15) is 0 Å². The number of rotatable bonds is 0. The zero-order valence-corrected chi connectivity index (χ0v) is 5.95. The molecular weight excluding hydrogens is 212 g/mol. The van der Waals surface area contributed by atoms with E-state index in [0.29, 0.717) is 0 Å². The van der Waals surface area contributed by atoms with Crippen LogP contribution in [0.4, 0.5) is 0 Å². The second-order valence-electron chi connectivity index (χ2n) is 0. The van der Waals surface area contributed by atoms with Crippen LogP contribution >= 0.6 is 0 Å². The third-order valence-electron chi connectivity index (χ3n) is 0. The van der Waals surface area contributed by atoms with Crippen LogP contribution in [0.15, 0.2) is 0 Å². The topological polar surface area (TPSA) is 66.5 Å². The Balaban J connectivity index is 0. The molecule has 0 rings (SSSR count). The predicted octanol–water partition coefficient (Wildman–Crippen LogP) is -1.85. The van der Waals surface area contributed by atoms with Crippen LogP contribution in [0.1, 0.15) is 0 Å². The first kappa shape index (κ1) is 50.3. The summed E-state index contributed by atoms with van der Waals surface area (Å²) < 4.78 is 0. The van der Waals surface area contributed by atoms with Crippen LogP contribution in [-0.4, -0.2) is 25.3 Å². The molecule has 0 saturated carbocycles. The summed E-state index contributed by atoms with van der Waals surface area (Å²) in [6, 6.07) is 0. The fourth-order valence-corrected chi connectivity index (χ4v) is 0. The maximum atomic E-state index is 0. The summed E-state index contributed by atoms with van der Waals surface area (Å²) in [4.78, 5) is 0. The molecule has 5 N–H and O–H groups in total. The molecule has 4 heteroatoms. The third kappa shape index (κ3) is 9.78. The van der Waals surface area contributed by atoms with E-state index in [9.17, 15) is 0 Å². The van der Waals surface area contributed by atoms with Gasteiger partial charge < -0.3 is 11.6 Å². The molecule has 0 aliphatic carbocycles. The van der Waals surface area contributed by atoms with Crippen LogP contribution in [0.3, 0.4) is 0 Å². The van der Waals surface area contributed by atoms with Crippen molar-refractivity contribution >= 4 is 19.8 Å². The van der Waals surface area contributed by atoms with E-state index in [1.54, 1.807) is 0 Å². The summed E-state index contributed by atoms with van der Waals surface area (Å²) in [6.07, 6.45) is 0. The first-order valence-electron chi connectivity index (χ1n) is 0. The van der Waals surface area contributed by atoms with Gasteiger partial charge in [0.15, 0.2) is 0 Å². The van der Waals surface area contributed by atoms with Gasteiger partial charge >= 0.3 is 19.8 Å². The second-order valence-corrected chi connectivity index (χ2v) is 0. The molecule has 0 aromatic carbocycles. The third-order valence-corrected chi connectivity index (χ3v) is 0. The Hall–Kier alpha value is 1.48. The first-order valence-corrected chi connectivity index (χ1v) is 0. The van der Waals surface area contributed by atoms with Crippen molar-refractivity contribution in [2.24, 2.45) is 0 Å². The molecule has 0 spiro atoms. The van der Waals surface area contributed by atoms with Crippen LogP contribution < -0.4 is 6.15 Å². The molecule has 0 unspecified atom stereocenters. The molecule has 0 atom stereocenters. The Morgan fingerprint density at radius 1 is 1.00 bits per heavy atom. The molecule has 0 saturated heterocycles. The molecule has 4 heavy (non-hydrogen) atoms. The molecule has 0 aromatic heterocycles. The SMILES string of the molecule is N.O.[Cd].[GaH3]. The van der Waals surface area contributed by atoms with Crippen LogP contribution in [-0.2, 0) is 27.3 Å². The van der Waals surface area contributed by atoms with E-state index >= 15 is 0 Å². The van der Waals surface area contributed by atoms with E-state index < -0.39 is 0 Å². The van der Waals surface area contributed by atoms with E-state index in [1.807, 2.05) is 0 Å². The fraction of sp³-hybridized carbons (Fsp3) is 0. The number of hydrogen-bond acceptors (Lipinski definition) is 1. The van der Waals surface area contributed by atoms with Crippen molar-refractivity contribution in [1.29, 1.82) is 0 Å². The molecule has 0 aromatic rings. The van der Waals surface area contributed by atoms with Gasteiger partial charge in [-0.15, -0.1) is 0 Å². The average molecular weight is 220 g/mol. The molecule has 0 fully saturated rings. The minimum absolute atomic E-state index is 0. The first-order chi connectivity index (χ1) is 0. The van der Waals surface area contributed by atoms with Gasteiger partial charge in [0, 0.05) is 27.3 Å². The summed E-state index contributed by atoms with van der Waals surface area (Å²) in [7, 11) is 0. The zero-order valence-electron chi connectivity index (χ0n) is 1.91. The fourth-order valence-electron chi connectivity index (χ4n) is 0. The van der Waals surface area contributed by atoms with E-state index in [4.69, 9.17) is 0 Å². The van der Waals surface area contributed by atoms with Gasteiger partial charge in [-0.2, -0.15) is 0 Å². The Morgan fingerprint density at radius 3 is 1.00 bits per heavy atom. The van der Waals surface area contributed by atoms with Crippen molar-refractivity contribution in [1.82, 2.24) is 6.15 Å². The van der Waals surface area contributed by atoms with Crippen LogP contribution in [0.5, 0.6) is 0 Å². The summed E-state index contributed by atoms with van der Waals surface area (Å²) in [5.74, 6) is 0. The van der Waals surface area contributed by atoms with Gasteiger partial charge in [-0.3, -0.25) is 0 Å². The minimum atomic E-state index is 0. The molecule has 2 nitrogen and oxygen atoms in total. The Kier molecular flexibility index (Phi) is 312. The van der Waals surface area contributed by atoms with Crippen LogP contribution in [0.2, 0.25) is 0 Å². The average Bonchev–Trinajstić information content (AvgIpc) is 0. The van der Waals surface area contributed by atoms with Crippen molar-refractivity contribution in [2.75, 3.05) is 0 Å². The molecule has 24 valence electrons. The number of hydrogen-bond donors (Lipinski definition) is 1. The van der Waals surface area contributed by atoms with Gasteiger partial charge in [0.25, 0.3) is 0 Å². The van der Waals surface area contributed by atoms with Crippen LogP contribution in [0.25, 0.3) is 0 Å². The van der Waals surface area contributed by atoms with Gasteiger partial charge in [0.2, 0.25) is 0 Å². The van der Waals surface area contributed by atoms with Crippen molar-refractivity contribution in [3.05, 3.63) is 0 Å². The second kappa shape index (κ2) is 24.8. The molecule has 0 heterocycles. The molecule has 0 radical (unpaired) electrons. The van der Waals surface area contributed by atoms with Crippen molar-refractivity contribution in [2.45, 2.75) is 0 Å². The normalized spacial score (nSPS) is 0. The maximum absolute atomic E-state index is 0. The van der Waals surface area contributed by atoms with Crippen molar-refractivity contribution in [3.63, 3.8) is 0 Å². The summed E-state index contributed by atoms with van der Waals surface area (Å²) >= 11 is 0. The van der Waals surface area contributed by atoms with Gasteiger partial charge in [0.05, 0.1) is 0 Å². The Bertz CT molecular complexity index is 8.00. The van der Waals surface area contributed by atoms with Crippen LogP contribution in [0, 0.1) is 0 Å². The summed E-state index contributed by atoms with van der Waals surface area (Å²) in [5, 5.41) is 0. The van der Waals surface area contributed by atoms with E-state index in [2.05, 4.69) is 0 Å². The molecule has 0 aliphatic rings. The van der Waals surface area contributed by atoms with Gasteiger partial charge in [-0.1, -0.05) is 0 Å². The monoisotopic (exact) mass is 221 g/mol. The summed E-state index contributed by atoms with van der Waals surface area (Å²) in [5.41, 5.74) is 0. The molecular formula is H8CdGaNO. The Morgan fingerprint density at radius 2 is 1.00 bits per heavy atom. The van der Waals surface area contributed by atoms with E-state index in [1.165, 1.54) is 0 Å². The Labute approximate surface area is 58.4 Å². The molecule has 0 bridgehead atoms. The van der Waals surface area contributed by atoms with E-state index in [-0.39, 0.29) is 58.7 Å². The molecule has 0 aliphatic heterocycles. The zero-order chi connectivity index (χ0) is 0. The van der Waals surface area contributed by atoms with E-state index in [0.717, 1.165) is 0 Å².